The van der Waals surface area contributed by atoms with Crippen LogP contribution in [0.2, 0.25) is 0 Å². The number of nitrogens with two attached hydrogens (primary N) is 1. The molecule has 1 aliphatic heterocycles. The molecule has 1 aliphatic rings. The molecule has 0 unspecified atom stereocenters. The Hall–Kier alpha value is -2.86. The second-order valence-electron chi connectivity index (χ2n) is 6.47. The molecule has 26 heavy (non-hydrogen) atoms. The van der Waals surface area contributed by atoms with Crippen LogP contribution in [0.15, 0.2) is 54.6 Å². The van der Waals surface area contributed by atoms with Crippen LogP contribution in [0.25, 0.3) is 0 Å². The van der Waals surface area contributed by atoms with Crippen molar-refractivity contribution in [3.05, 3.63) is 60.2 Å². The molecule has 6 nitrogen and oxygen atoms in total. The maximum absolute atomic E-state index is 12.5. The predicted molar refractivity (Wildman–Crippen MR) is 103 cm³/mol. The van der Waals surface area contributed by atoms with Crippen LogP contribution in [0.5, 0.6) is 0 Å². The zero-order valence-electron chi connectivity index (χ0n) is 14.9. The molecule has 0 spiro atoms. The summed E-state index contributed by atoms with van der Waals surface area (Å²) in [5.74, 6) is -0.530. The largest absolute Gasteiger partial charge is 0.369 e. The number of para-hydroxylation sites is 1. The van der Waals surface area contributed by atoms with Gasteiger partial charge in [-0.2, -0.15) is 0 Å². The molecule has 1 saturated heterocycles. The van der Waals surface area contributed by atoms with E-state index in [1.54, 1.807) is 24.3 Å². The van der Waals surface area contributed by atoms with Crippen LogP contribution in [-0.4, -0.2) is 48.9 Å². The first-order chi connectivity index (χ1) is 12.5. The predicted octanol–water partition coefficient (Wildman–Crippen LogP) is 1.93. The van der Waals surface area contributed by atoms with Gasteiger partial charge in [0.15, 0.2) is 0 Å². The first-order valence-electron chi connectivity index (χ1n) is 8.79. The average Bonchev–Trinajstić information content (AvgIpc) is 2.68. The van der Waals surface area contributed by atoms with Crippen LogP contribution in [0.1, 0.15) is 17.3 Å². The Bertz CT molecular complexity index is 753. The van der Waals surface area contributed by atoms with Crippen molar-refractivity contribution in [3.8, 4) is 0 Å². The molecule has 1 fully saturated rings. The Morgan fingerprint density at radius 2 is 1.58 bits per heavy atom. The molecule has 0 bridgehead atoms. The number of nitrogens with zero attached hydrogens (tertiary/aromatic N) is 2. The van der Waals surface area contributed by atoms with E-state index in [0.717, 1.165) is 26.2 Å². The van der Waals surface area contributed by atoms with Crippen molar-refractivity contribution >= 4 is 23.2 Å². The fraction of sp³-hybridized carbons (Fsp3) is 0.300. The van der Waals surface area contributed by atoms with Gasteiger partial charge in [0.2, 0.25) is 11.8 Å². The zero-order valence-corrected chi connectivity index (χ0v) is 14.9. The van der Waals surface area contributed by atoms with Crippen LogP contribution in [0.3, 0.4) is 0 Å². The van der Waals surface area contributed by atoms with Gasteiger partial charge in [0.25, 0.3) is 0 Å². The Labute approximate surface area is 153 Å². The normalized spacial score (nSPS) is 16.1. The summed E-state index contributed by atoms with van der Waals surface area (Å²) in [6.07, 6.45) is 0. The van der Waals surface area contributed by atoms with Crippen molar-refractivity contribution in [1.29, 1.82) is 0 Å². The second-order valence-corrected chi connectivity index (χ2v) is 6.47. The van der Waals surface area contributed by atoms with E-state index >= 15 is 0 Å². The first-order valence-corrected chi connectivity index (χ1v) is 8.79. The van der Waals surface area contributed by atoms with Gasteiger partial charge < -0.3 is 16.0 Å². The van der Waals surface area contributed by atoms with Crippen LogP contribution < -0.4 is 16.0 Å². The number of amides is 2. The first kappa shape index (κ1) is 17.9. The molecule has 0 aliphatic carbocycles. The zero-order chi connectivity index (χ0) is 18.5. The smallest absolute Gasteiger partial charge is 0.248 e. The molecule has 1 heterocycles. The minimum absolute atomic E-state index is 0.0509. The highest BCUT2D eigenvalue weighted by molar-refractivity contribution is 5.96. The fourth-order valence-electron chi connectivity index (χ4n) is 3.14. The van der Waals surface area contributed by atoms with Gasteiger partial charge >= 0.3 is 0 Å². The number of benzene rings is 2. The lowest BCUT2D eigenvalue weighted by atomic mass is 10.1. The summed E-state index contributed by atoms with van der Waals surface area (Å²) < 4.78 is 0. The summed E-state index contributed by atoms with van der Waals surface area (Å²) in [5.41, 5.74) is 7.53. The van der Waals surface area contributed by atoms with E-state index in [9.17, 15) is 9.59 Å². The molecule has 0 radical (unpaired) electrons. The van der Waals surface area contributed by atoms with E-state index in [0.29, 0.717) is 11.3 Å². The van der Waals surface area contributed by atoms with Crippen LogP contribution in [0.4, 0.5) is 11.4 Å². The van der Waals surface area contributed by atoms with E-state index in [4.69, 9.17) is 5.73 Å². The van der Waals surface area contributed by atoms with Crippen molar-refractivity contribution in [3.63, 3.8) is 0 Å². The van der Waals surface area contributed by atoms with Gasteiger partial charge in [-0.3, -0.25) is 14.5 Å². The second kappa shape index (κ2) is 8.01. The van der Waals surface area contributed by atoms with Crippen molar-refractivity contribution in [1.82, 2.24) is 4.90 Å². The van der Waals surface area contributed by atoms with Crippen LogP contribution in [-0.2, 0) is 4.79 Å². The molecular formula is C20H24N4O2. The van der Waals surface area contributed by atoms with E-state index < -0.39 is 5.91 Å². The summed E-state index contributed by atoms with van der Waals surface area (Å²) in [5, 5.41) is 2.90. The molecule has 0 aromatic heterocycles. The van der Waals surface area contributed by atoms with Crippen LogP contribution in [0, 0.1) is 0 Å². The summed E-state index contributed by atoms with van der Waals surface area (Å²) >= 11 is 0. The summed E-state index contributed by atoms with van der Waals surface area (Å²) in [4.78, 5) is 28.2. The third-order valence-corrected chi connectivity index (χ3v) is 4.80. The molecule has 2 amide bonds. The number of anilines is 2. The van der Waals surface area contributed by atoms with Gasteiger partial charge in [0.05, 0.1) is 6.04 Å². The SMILES string of the molecule is C[C@@H](C(=O)Nc1ccc(C(N)=O)cc1)N1CCN(c2ccccc2)CC1. The number of hydrogen-bond donors (Lipinski definition) is 2. The molecule has 0 saturated carbocycles. The quantitative estimate of drug-likeness (QED) is 0.862. The van der Waals surface area contributed by atoms with Crippen molar-refractivity contribution in [2.24, 2.45) is 5.73 Å². The highest BCUT2D eigenvalue weighted by Crippen LogP contribution is 2.17. The standard InChI is InChI=1S/C20H24N4O2/c1-15(20(26)22-17-9-7-16(8-10-17)19(21)25)23-11-13-24(14-12-23)18-5-3-2-4-6-18/h2-10,15H,11-14H2,1H3,(H2,21,25)(H,22,26)/t15-/m0/s1. The van der Waals surface area contributed by atoms with Crippen molar-refractivity contribution in [2.45, 2.75) is 13.0 Å². The van der Waals surface area contributed by atoms with E-state index in [1.807, 2.05) is 25.1 Å². The van der Waals surface area contributed by atoms with E-state index in [-0.39, 0.29) is 11.9 Å². The summed E-state index contributed by atoms with van der Waals surface area (Å²) in [6.45, 7) is 5.39. The lowest BCUT2D eigenvalue weighted by molar-refractivity contribution is -0.120. The molecule has 3 rings (SSSR count). The lowest BCUT2D eigenvalue weighted by Gasteiger charge is -2.38. The number of piperazine rings is 1. The van der Waals surface area contributed by atoms with Crippen molar-refractivity contribution in [2.75, 3.05) is 36.4 Å². The number of primary amides is 1. The molecule has 2 aromatic rings. The minimum atomic E-state index is -0.479. The third kappa shape index (κ3) is 4.21. The number of nitrogens with one attached hydrogen (secondary N) is 1. The van der Waals surface area contributed by atoms with Gasteiger partial charge in [0.1, 0.15) is 0 Å². The van der Waals surface area contributed by atoms with E-state index in [2.05, 4.69) is 27.2 Å². The topological polar surface area (TPSA) is 78.7 Å². The van der Waals surface area contributed by atoms with Gasteiger partial charge in [-0.15, -0.1) is 0 Å². The average molecular weight is 352 g/mol. The summed E-state index contributed by atoms with van der Waals surface area (Å²) in [6, 6.07) is 16.7. The van der Waals surface area contributed by atoms with Gasteiger partial charge in [0, 0.05) is 43.1 Å². The number of rotatable bonds is 5. The molecule has 6 heteroatoms. The lowest BCUT2D eigenvalue weighted by Crippen LogP contribution is -2.52. The third-order valence-electron chi connectivity index (χ3n) is 4.80. The van der Waals surface area contributed by atoms with Crippen molar-refractivity contribution < 1.29 is 9.59 Å². The molecular weight excluding hydrogens is 328 g/mol. The van der Waals surface area contributed by atoms with E-state index in [1.165, 1.54) is 5.69 Å². The van der Waals surface area contributed by atoms with Gasteiger partial charge in [-0.05, 0) is 43.3 Å². The molecule has 136 valence electrons. The van der Waals surface area contributed by atoms with Crippen LogP contribution >= 0.6 is 0 Å². The minimum Gasteiger partial charge on any atom is -0.369 e. The molecule has 1 atom stereocenters. The number of carbonyl (C=O) groups is 2. The summed E-state index contributed by atoms with van der Waals surface area (Å²) in [7, 11) is 0. The Kier molecular flexibility index (Phi) is 5.53. The number of carbonyl (C=O) groups excluding carboxylic acids is 2. The Balaban J connectivity index is 1.53. The molecule has 2 aromatic carbocycles. The van der Waals surface area contributed by atoms with Gasteiger partial charge in [-0.25, -0.2) is 0 Å². The fourth-order valence-corrected chi connectivity index (χ4v) is 3.14. The highest BCUT2D eigenvalue weighted by Gasteiger charge is 2.25. The maximum Gasteiger partial charge on any atom is 0.248 e. The van der Waals surface area contributed by atoms with Gasteiger partial charge in [-0.1, -0.05) is 18.2 Å². The maximum atomic E-state index is 12.5. The Morgan fingerprint density at radius 3 is 2.15 bits per heavy atom. The highest BCUT2D eigenvalue weighted by atomic mass is 16.2. The monoisotopic (exact) mass is 352 g/mol. The Morgan fingerprint density at radius 1 is 0.962 bits per heavy atom. The number of hydrogen-bond acceptors (Lipinski definition) is 4. The molecule has 3 N–H and O–H groups in total.